The number of carbonyl (C=O) groups is 1. The van der Waals surface area contributed by atoms with E-state index in [4.69, 9.17) is 0 Å². The molecule has 1 aliphatic carbocycles. The Morgan fingerprint density at radius 2 is 1.87 bits per heavy atom. The van der Waals surface area contributed by atoms with Crippen LogP contribution in [0.5, 0.6) is 17.2 Å². The molecule has 0 unspecified atom stereocenters. The molecule has 160 valence electrons. The molecule has 0 spiro atoms. The number of benzene rings is 2. The number of hydrogen-bond acceptors (Lipinski definition) is 5. The van der Waals surface area contributed by atoms with E-state index in [1.165, 1.54) is 12.1 Å². The first kappa shape index (κ1) is 19.5. The highest BCUT2D eigenvalue weighted by atomic mass is 19.3. The minimum absolute atomic E-state index is 0. The summed E-state index contributed by atoms with van der Waals surface area (Å²) < 4.78 is 35.6. The van der Waals surface area contributed by atoms with Crippen LogP contribution >= 0.6 is 0 Å². The molecular weight excluding hydrogens is 404 g/mol. The monoisotopic (exact) mass is 425 g/mol. The van der Waals surface area contributed by atoms with Gasteiger partial charge in [-0.25, -0.2) is 0 Å². The number of carbonyl (C=O) groups excluding carboxylic acids is 1. The van der Waals surface area contributed by atoms with Crippen molar-refractivity contribution in [2.24, 2.45) is 0 Å². The molecule has 0 atom stereocenters. The third kappa shape index (κ3) is 3.50. The van der Waals surface area contributed by atoms with Crippen molar-refractivity contribution in [3.8, 4) is 28.5 Å². The van der Waals surface area contributed by atoms with Gasteiger partial charge in [-0.15, -0.1) is 8.78 Å². The fourth-order valence-corrected chi connectivity index (χ4v) is 4.05. The highest BCUT2D eigenvalue weighted by Gasteiger charge is 2.52. The van der Waals surface area contributed by atoms with Gasteiger partial charge in [0.25, 0.3) is 0 Å². The summed E-state index contributed by atoms with van der Waals surface area (Å²) in [6.45, 7) is 1.92. The number of phenolic OH excluding ortho intramolecular Hbond substituents is 1. The number of Topliss-reactive ketones (excluding diaryl/α,β-unsaturated/α-hetero) is 1. The molecule has 2 aliphatic rings. The number of ether oxygens (including phenoxy) is 2. The molecule has 7 heteroatoms. The number of alkyl halides is 2. The normalized spacial score (nSPS) is 17.4. The van der Waals surface area contributed by atoms with Crippen LogP contribution in [0.15, 0.2) is 54.6 Å². The standard InChI is InChI=1S/C24H19F2NO4.H2/c1-14-5-7-17(27-22(14)15-3-2-4-18(28)11-15)13-21(29)23(9-10-23)16-6-8-19-20(12-16)31-24(25,26)30-19;/h2-8,11-12,28H,9-10,13H2,1H3;1H. The van der Waals surface area contributed by atoms with Crippen LogP contribution in [0.4, 0.5) is 8.78 Å². The molecule has 3 aromatic rings. The van der Waals surface area contributed by atoms with E-state index in [1.54, 1.807) is 24.3 Å². The number of fused-ring (bicyclic) bond motifs is 1. The van der Waals surface area contributed by atoms with Crippen molar-refractivity contribution in [1.29, 1.82) is 0 Å². The van der Waals surface area contributed by atoms with Crippen molar-refractivity contribution in [2.45, 2.75) is 37.9 Å². The maximum Gasteiger partial charge on any atom is 0.586 e. The maximum atomic E-state index is 13.3. The molecule has 0 amide bonds. The summed E-state index contributed by atoms with van der Waals surface area (Å²) in [6.07, 6.45) is -2.27. The quantitative estimate of drug-likeness (QED) is 0.611. The van der Waals surface area contributed by atoms with E-state index in [9.17, 15) is 18.7 Å². The number of ketones is 1. The van der Waals surface area contributed by atoms with E-state index >= 15 is 0 Å². The summed E-state index contributed by atoms with van der Waals surface area (Å²) in [5.74, 6) is 0.0380. The van der Waals surface area contributed by atoms with Gasteiger partial charge in [0.1, 0.15) is 11.5 Å². The number of phenols is 1. The van der Waals surface area contributed by atoms with Crippen LogP contribution in [0.3, 0.4) is 0 Å². The number of aryl methyl sites for hydroxylation is 1. The fraction of sp³-hybridized carbons (Fsp3) is 0.250. The topological polar surface area (TPSA) is 68.7 Å². The minimum atomic E-state index is -3.68. The summed E-state index contributed by atoms with van der Waals surface area (Å²) in [4.78, 5) is 17.9. The van der Waals surface area contributed by atoms with Crippen LogP contribution in [0.1, 0.15) is 31.1 Å². The number of nitrogens with zero attached hydrogens (tertiary/aromatic N) is 1. The Bertz CT molecular complexity index is 1210. The van der Waals surface area contributed by atoms with E-state index in [0.29, 0.717) is 29.8 Å². The van der Waals surface area contributed by atoms with Crippen LogP contribution in [0.2, 0.25) is 0 Å². The molecule has 2 heterocycles. The van der Waals surface area contributed by atoms with E-state index in [-0.39, 0.29) is 30.9 Å². The van der Waals surface area contributed by atoms with Gasteiger partial charge in [0.2, 0.25) is 0 Å². The van der Waals surface area contributed by atoms with Gasteiger partial charge in [0, 0.05) is 19.1 Å². The van der Waals surface area contributed by atoms with E-state index in [2.05, 4.69) is 14.5 Å². The Hall–Kier alpha value is -3.48. The van der Waals surface area contributed by atoms with Gasteiger partial charge in [-0.2, -0.15) is 0 Å². The molecule has 0 bridgehead atoms. The lowest BCUT2D eigenvalue weighted by atomic mass is 9.88. The van der Waals surface area contributed by atoms with Crippen LogP contribution in [-0.2, 0) is 16.6 Å². The van der Waals surface area contributed by atoms with Crippen LogP contribution in [0, 0.1) is 6.92 Å². The predicted molar refractivity (Wildman–Crippen MR) is 110 cm³/mol. The molecule has 5 nitrogen and oxygen atoms in total. The van der Waals surface area contributed by atoms with Gasteiger partial charge in [0.05, 0.1) is 11.1 Å². The Balaban J connectivity index is 0.00000245. The van der Waals surface area contributed by atoms with E-state index in [0.717, 1.165) is 11.1 Å². The van der Waals surface area contributed by atoms with Gasteiger partial charge in [-0.3, -0.25) is 9.78 Å². The largest absolute Gasteiger partial charge is 0.586 e. The lowest BCUT2D eigenvalue weighted by Gasteiger charge is -2.15. The van der Waals surface area contributed by atoms with Gasteiger partial charge in [-0.05, 0) is 61.2 Å². The van der Waals surface area contributed by atoms with Crippen molar-refractivity contribution < 1.29 is 29.6 Å². The summed E-state index contributed by atoms with van der Waals surface area (Å²) in [5, 5.41) is 9.77. The first-order valence-electron chi connectivity index (χ1n) is 9.95. The van der Waals surface area contributed by atoms with Gasteiger partial charge >= 0.3 is 6.29 Å². The Kier molecular flexibility index (Phi) is 4.25. The number of halogens is 2. The lowest BCUT2D eigenvalue weighted by molar-refractivity contribution is -0.286. The first-order chi connectivity index (χ1) is 14.8. The van der Waals surface area contributed by atoms with Crippen molar-refractivity contribution in [2.75, 3.05) is 0 Å². The molecule has 0 radical (unpaired) electrons. The highest BCUT2D eigenvalue weighted by molar-refractivity contribution is 5.94. The molecule has 0 saturated heterocycles. The average molecular weight is 425 g/mol. The molecule has 1 saturated carbocycles. The second kappa shape index (κ2) is 6.77. The van der Waals surface area contributed by atoms with Crippen molar-refractivity contribution >= 4 is 5.78 Å². The molecule has 1 aliphatic heterocycles. The molecule has 5 rings (SSSR count). The third-order valence-electron chi connectivity index (χ3n) is 5.85. The predicted octanol–water partition coefficient (Wildman–Crippen LogP) is 5.17. The van der Waals surface area contributed by atoms with Gasteiger partial charge < -0.3 is 14.6 Å². The lowest BCUT2D eigenvalue weighted by Crippen LogP contribution is -2.26. The molecule has 1 fully saturated rings. The number of aromatic nitrogens is 1. The Labute approximate surface area is 178 Å². The SMILES string of the molecule is Cc1ccc(CC(=O)C2(c3ccc4c(c3)OC(F)(F)O4)CC2)nc1-c1cccc(O)c1.[HH]. The van der Waals surface area contributed by atoms with Crippen LogP contribution in [0.25, 0.3) is 11.3 Å². The zero-order chi connectivity index (χ0) is 21.8. The molecular formula is C24H21F2NO4. The Morgan fingerprint density at radius 1 is 1.10 bits per heavy atom. The minimum Gasteiger partial charge on any atom is -0.508 e. The highest BCUT2D eigenvalue weighted by Crippen LogP contribution is 2.52. The van der Waals surface area contributed by atoms with Crippen molar-refractivity contribution in [3.05, 3.63) is 71.4 Å². The van der Waals surface area contributed by atoms with Crippen LogP contribution < -0.4 is 9.47 Å². The van der Waals surface area contributed by atoms with Gasteiger partial charge in [-0.1, -0.05) is 24.3 Å². The van der Waals surface area contributed by atoms with Crippen LogP contribution in [-0.4, -0.2) is 22.2 Å². The van der Waals surface area contributed by atoms with Crippen molar-refractivity contribution in [1.82, 2.24) is 4.98 Å². The van der Waals surface area contributed by atoms with Gasteiger partial charge in [0.15, 0.2) is 11.5 Å². The summed E-state index contributed by atoms with van der Waals surface area (Å²) >= 11 is 0. The number of rotatable bonds is 5. The zero-order valence-electron chi connectivity index (χ0n) is 16.7. The Morgan fingerprint density at radius 3 is 2.61 bits per heavy atom. The molecule has 1 N–H and O–H groups in total. The molecule has 2 aromatic carbocycles. The summed E-state index contributed by atoms with van der Waals surface area (Å²) in [7, 11) is 0. The first-order valence-corrected chi connectivity index (χ1v) is 9.95. The fourth-order valence-electron chi connectivity index (χ4n) is 4.05. The average Bonchev–Trinajstić information content (AvgIpc) is 3.46. The second-order valence-corrected chi connectivity index (χ2v) is 8.03. The van der Waals surface area contributed by atoms with Crippen molar-refractivity contribution in [3.63, 3.8) is 0 Å². The van der Waals surface area contributed by atoms with E-state index < -0.39 is 11.7 Å². The number of hydrogen-bond donors (Lipinski definition) is 1. The summed E-state index contributed by atoms with van der Waals surface area (Å²) in [6, 6.07) is 15.1. The zero-order valence-corrected chi connectivity index (χ0v) is 16.7. The third-order valence-corrected chi connectivity index (χ3v) is 5.85. The summed E-state index contributed by atoms with van der Waals surface area (Å²) in [5.41, 5.74) is 2.96. The smallest absolute Gasteiger partial charge is 0.508 e. The molecule has 31 heavy (non-hydrogen) atoms. The molecule has 1 aromatic heterocycles. The number of aromatic hydroxyl groups is 1. The second-order valence-electron chi connectivity index (χ2n) is 8.03. The number of pyridine rings is 1. The maximum absolute atomic E-state index is 13.3. The van der Waals surface area contributed by atoms with E-state index in [1.807, 2.05) is 25.1 Å².